The number of hydrogen-bond donors (Lipinski definition) is 1. The van der Waals surface area contributed by atoms with Crippen LogP contribution in [0.3, 0.4) is 0 Å². The molecule has 8 nitrogen and oxygen atoms in total. The molecule has 0 radical (unpaired) electrons. The number of imidazole rings is 1. The van der Waals surface area contributed by atoms with Crippen LogP contribution in [0.15, 0.2) is 47.8 Å². The first-order valence-electron chi connectivity index (χ1n) is 11.5. The monoisotopic (exact) mass is 486 g/mol. The molecular weight excluding hydrogens is 461 g/mol. The van der Waals surface area contributed by atoms with Gasteiger partial charge in [-0.1, -0.05) is 35.5 Å². The number of rotatable bonds is 5. The number of aromatic nitrogens is 4. The number of likely N-dealkylation sites (tertiary alicyclic amines) is 1. The van der Waals surface area contributed by atoms with Crippen molar-refractivity contribution in [3.63, 3.8) is 0 Å². The number of nitrogens with zero attached hydrogens (tertiary/aromatic N) is 5. The first-order chi connectivity index (χ1) is 16.8. The molecule has 1 aromatic carbocycles. The molecule has 0 aliphatic carbocycles. The van der Waals surface area contributed by atoms with E-state index in [-0.39, 0.29) is 24.5 Å². The molecule has 0 bridgehead atoms. The highest BCUT2D eigenvalue weighted by Gasteiger charge is 2.35. The molecule has 0 spiro atoms. The molecule has 184 valence electrons. The van der Waals surface area contributed by atoms with E-state index in [0.717, 1.165) is 33.5 Å². The normalized spacial score (nSPS) is 19.0. The molecule has 35 heavy (non-hydrogen) atoms. The Morgan fingerprint density at radius 3 is 2.63 bits per heavy atom. The second-order valence-corrected chi connectivity index (χ2v) is 8.90. The molecule has 1 atom stereocenters. The predicted octanol–water partition coefficient (Wildman–Crippen LogP) is 4.21. The average molecular weight is 486 g/mol. The van der Waals surface area contributed by atoms with Gasteiger partial charge in [-0.05, 0) is 31.4 Å². The third kappa shape index (κ3) is 4.94. The number of alkyl halides is 3. The molecule has 0 unspecified atom stereocenters. The molecule has 5 rings (SSSR count). The lowest BCUT2D eigenvalue weighted by molar-refractivity contribution is -0.142. The third-order valence-electron chi connectivity index (χ3n) is 6.52. The molecule has 3 aromatic rings. The lowest BCUT2D eigenvalue weighted by atomic mass is 9.96. The molecular formula is C24H25F3N6O2. The second kappa shape index (κ2) is 9.20. The van der Waals surface area contributed by atoms with Crippen molar-refractivity contribution in [2.75, 3.05) is 13.1 Å². The highest BCUT2D eigenvalue weighted by Crippen LogP contribution is 2.31. The number of halogens is 3. The Morgan fingerprint density at radius 1 is 1.20 bits per heavy atom. The van der Waals surface area contributed by atoms with Crippen LogP contribution in [0.25, 0.3) is 0 Å². The van der Waals surface area contributed by atoms with Gasteiger partial charge in [-0.3, -0.25) is 9.48 Å². The van der Waals surface area contributed by atoms with Gasteiger partial charge in [-0.2, -0.15) is 18.3 Å². The van der Waals surface area contributed by atoms with Crippen molar-refractivity contribution in [2.45, 2.75) is 50.9 Å². The van der Waals surface area contributed by atoms with E-state index in [2.05, 4.69) is 15.2 Å². The molecule has 0 saturated carbocycles. The van der Waals surface area contributed by atoms with E-state index in [1.54, 1.807) is 4.90 Å². The highest BCUT2D eigenvalue weighted by atomic mass is 19.4. The second-order valence-electron chi connectivity index (χ2n) is 8.90. The lowest BCUT2D eigenvalue weighted by Crippen LogP contribution is -2.40. The van der Waals surface area contributed by atoms with Gasteiger partial charge in [0, 0.05) is 37.3 Å². The Labute approximate surface area is 199 Å². The summed E-state index contributed by atoms with van der Waals surface area (Å²) in [7, 11) is 0. The summed E-state index contributed by atoms with van der Waals surface area (Å²) in [6.07, 6.45) is -0.754. The fourth-order valence-corrected chi connectivity index (χ4v) is 4.51. The molecule has 2 aliphatic heterocycles. The van der Waals surface area contributed by atoms with Crippen LogP contribution in [0.4, 0.5) is 13.2 Å². The minimum absolute atomic E-state index is 0.119. The molecule has 1 N–H and O–H groups in total. The smallest absolute Gasteiger partial charge is 0.387 e. The third-order valence-corrected chi connectivity index (χ3v) is 6.52. The molecule has 2 aromatic heterocycles. The van der Waals surface area contributed by atoms with Crippen molar-refractivity contribution in [1.82, 2.24) is 24.6 Å². The zero-order chi connectivity index (χ0) is 24.6. The van der Waals surface area contributed by atoms with Gasteiger partial charge in [-0.25, -0.2) is 4.98 Å². The number of oxime groups is 1. The van der Waals surface area contributed by atoms with Crippen LogP contribution < -0.4 is 0 Å². The zero-order valence-corrected chi connectivity index (χ0v) is 19.1. The van der Waals surface area contributed by atoms with Crippen molar-refractivity contribution >= 4 is 11.6 Å². The number of carbonyl (C=O) groups is 1. The number of carbonyl (C=O) groups excluding carboxylic acids is 1. The Hall–Kier alpha value is -3.63. The summed E-state index contributed by atoms with van der Waals surface area (Å²) < 4.78 is 39.8. The Bertz CT molecular complexity index is 1230. The quantitative estimate of drug-likeness (QED) is 0.585. The Morgan fingerprint density at radius 2 is 1.94 bits per heavy atom. The van der Waals surface area contributed by atoms with Gasteiger partial charge in [0.15, 0.2) is 11.8 Å². The van der Waals surface area contributed by atoms with E-state index in [1.807, 2.05) is 36.5 Å². The van der Waals surface area contributed by atoms with Crippen molar-refractivity contribution in [3.05, 3.63) is 71.1 Å². The summed E-state index contributed by atoms with van der Waals surface area (Å²) >= 11 is 0. The van der Waals surface area contributed by atoms with E-state index in [4.69, 9.17) is 9.82 Å². The van der Waals surface area contributed by atoms with Gasteiger partial charge in [0.25, 0.3) is 0 Å². The van der Waals surface area contributed by atoms with Crippen LogP contribution in [-0.2, 0) is 22.4 Å². The topological polar surface area (TPSA) is 88.4 Å². The number of nitrogens with one attached hydrogen (secondary N) is 1. The van der Waals surface area contributed by atoms with Crippen LogP contribution in [0.5, 0.6) is 0 Å². The standard InChI is InChI=1S/C24H25F3N6O2/c1-15-11-21(24(25,26)27)30-33(15)14-22(34)32-9-7-17(8-10-32)23-28-13-19(29-23)18-12-20(35-31-18)16-5-3-2-4-6-16/h2-6,11,13,17,20H,7-10,12,14H2,1H3,(H,28,29)/t20-/m1/s1. The fraction of sp³-hybridized carbons (Fsp3) is 0.417. The fourth-order valence-electron chi connectivity index (χ4n) is 4.51. The molecule has 1 saturated heterocycles. The highest BCUT2D eigenvalue weighted by molar-refractivity contribution is 5.99. The largest absolute Gasteiger partial charge is 0.435 e. The summed E-state index contributed by atoms with van der Waals surface area (Å²) in [6, 6.07) is 10.9. The number of H-pyrrole nitrogens is 1. The number of benzene rings is 1. The number of amides is 1. The van der Waals surface area contributed by atoms with E-state index in [1.165, 1.54) is 6.92 Å². The van der Waals surface area contributed by atoms with Crippen LogP contribution in [0.2, 0.25) is 0 Å². The molecule has 4 heterocycles. The number of aryl methyl sites for hydroxylation is 1. The van der Waals surface area contributed by atoms with Crippen LogP contribution >= 0.6 is 0 Å². The van der Waals surface area contributed by atoms with Gasteiger partial charge >= 0.3 is 6.18 Å². The Kier molecular flexibility index (Phi) is 6.08. The summed E-state index contributed by atoms with van der Waals surface area (Å²) in [5, 5.41) is 7.78. The summed E-state index contributed by atoms with van der Waals surface area (Å²) in [5.74, 6) is 0.757. The van der Waals surface area contributed by atoms with E-state index in [9.17, 15) is 18.0 Å². The SMILES string of the molecule is Cc1cc(C(F)(F)F)nn1CC(=O)N1CCC(c2nc(C3=NO[C@@H](c4ccccc4)C3)c[nH]2)CC1. The summed E-state index contributed by atoms with van der Waals surface area (Å²) in [4.78, 5) is 27.9. The maximum Gasteiger partial charge on any atom is 0.435 e. The maximum atomic E-state index is 12.9. The van der Waals surface area contributed by atoms with Crippen LogP contribution in [0, 0.1) is 6.92 Å². The zero-order valence-electron chi connectivity index (χ0n) is 19.1. The van der Waals surface area contributed by atoms with Gasteiger partial charge in [0.2, 0.25) is 5.91 Å². The minimum Gasteiger partial charge on any atom is -0.387 e. The van der Waals surface area contributed by atoms with Crippen molar-refractivity contribution < 1.29 is 22.8 Å². The predicted molar refractivity (Wildman–Crippen MR) is 121 cm³/mol. The molecule has 2 aliphatic rings. The molecule has 1 fully saturated rings. The average Bonchev–Trinajstić information content (AvgIpc) is 3.60. The van der Waals surface area contributed by atoms with Crippen molar-refractivity contribution in [3.8, 4) is 0 Å². The van der Waals surface area contributed by atoms with Gasteiger partial charge in [-0.15, -0.1) is 0 Å². The first kappa shape index (κ1) is 23.1. The van der Waals surface area contributed by atoms with Crippen molar-refractivity contribution in [1.29, 1.82) is 0 Å². The summed E-state index contributed by atoms with van der Waals surface area (Å²) in [6.45, 7) is 2.32. The summed E-state index contributed by atoms with van der Waals surface area (Å²) in [5.41, 5.74) is 1.94. The van der Waals surface area contributed by atoms with Gasteiger partial charge < -0.3 is 14.7 Å². The molecule has 1 amide bonds. The number of aromatic amines is 1. The van der Waals surface area contributed by atoms with E-state index in [0.29, 0.717) is 38.0 Å². The molecule has 11 heteroatoms. The maximum absolute atomic E-state index is 12.9. The Balaban J connectivity index is 1.15. The minimum atomic E-state index is -4.53. The van der Waals surface area contributed by atoms with E-state index >= 15 is 0 Å². The van der Waals surface area contributed by atoms with Crippen LogP contribution in [0.1, 0.15) is 59.8 Å². The van der Waals surface area contributed by atoms with Gasteiger partial charge in [0.05, 0.1) is 0 Å². The van der Waals surface area contributed by atoms with Crippen molar-refractivity contribution in [2.24, 2.45) is 5.16 Å². The lowest BCUT2D eigenvalue weighted by Gasteiger charge is -2.31. The van der Waals surface area contributed by atoms with Crippen LogP contribution in [-0.4, -0.2) is 49.4 Å². The number of piperidine rings is 1. The van der Waals surface area contributed by atoms with E-state index < -0.39 is 11.9 Å². The first-order valence-corrected chi connectivity index (χ1v) is 11.5. The number of hydrogen-bond acceptors (Lipinski definition) is 5. The van der Waals surface area contributed by atoms with Gasteiger partial charge in [0.1, 0.15) is 23.8 Å².